The lowest BCUT2D eigenvalue weighted by atomic mass is 10.1. The summed E-state index contributed by atoms with van der Waals surface area (Å²) in [6.45, 7) is 5.53. The van der Waals surface area contributed by atoms with E-state index in [1.165, 1.54) is 0 Å². The standard InChI is InChI=1S/C17H19ClN2O2S/c1-4-16(14-7-9-15(18)10-8-14)19-20-23(21,22)17-11-12(2)5-6-13(17)3/h5-11,20H,4H2,1-3H3/b19-16-. The third-order valence-corrected chi connectivity index (χ3v) is 5.05. The van der Waals surface area contributed by atoms with Gasteiger partial charge in [0.15, 0.2) is 0 Å². The van der Waals surface area contributed by atoms with Gasteiger partial charge in [0, 0.05) is 5.02 Å². The minimum atomic E-state index is -3.70. The maximum atomic E-state index is 12.5. The van der Waals surface area contributed by atoms with Gasteiger partial charge in [-0.05, 0) is 55.2 Å². The van der Waals surface area contributed by atoms with Crippen LogP contribution in [0.15, 0.2) is 52.5 Å². The topological polar surface area (TPSA) is 58.5 Å². The van der Waals surface area contributed by atoms with Crippen molar-refractivity contribution in [3.8, 4) is 0 Å². The Bertz CT molecular complexity index is 828. The van der Waals surface area contributed by atoms with Gasteiger partial charge in [-0.25, -0.2) is 0 Å². The lowest BCUT2D eigenvalue weighted by Crippen LogP contribution is -2.21. The van der Waals surface area contributed by atoms with Crippen molar-refractivity contribution in [1.82, 2.24) is 4.83 Å². The molecule has 0 saturated heterocycles. The molecule has 0 spiro atoms. The van der Waals surface area contributed by atoms with Gasteiger partial charge in [-0.1, -0.05) is 42.8 Å². The third kappa shape index (κ3) is 4.33. The van der Waals surface area contributed by atoms with Gasteiger partial charge in [0.05, 0.1) is 10.6 Å². The summed E-state index contributed by atoms with van der Waals surface area (Å²) in [4.78, 5) is 2.58. The average Bonchev–Trinajstić information content (AvgIpc) is 2.51. The van der Waals surface area contributed by atoms with Crippen molar-refractivity contribution in [2.24, 2.45) is 5.10 Å². The number of sulfonamides is 1. The Morgan fingerprint density at radius 2 is 1.78 bits per heavy atom. The number of nitrogens with one attached hydrogen (secondary N) is 1. The minimum absolute atomic E-state index is 0.243. The van der Waals surface area contributed by atoms with E-state index in [0.29, 0.717) is 22.7 Å². The van der Waals surface area contributed by atoms with Crippen LogP contribution in [0.2, 0.25) is 5.02 Å². The smallest absolute Gasteiger partial charge is 0.200 e. The van der Waals surface area contributed by atoms with Crippen molar-refractivity contribution >= 4 is 27.3 Å². The summed E-state index contributed by atoms with van der Waals surface area (Å²) in [6.07, 6.45) is 0.594. The van der Waals surface area contributed by atoms with E-state index >= 15 is 0 Å². The lowest BCUT2D eigenvalue weighted by Gasteiger charge is -2.10. The van der Waals surface area contributed by atoms with Crippen molar-refractivity contribution in [2.75, 3.05) is 0 Å². The predicted molar refractivity (Wildman–Crippen MR) is 94.5 cm³/mol. The Kier molecular flexibility index (Phi) is 5.44. The van der Waals surface area contributed by atoms with Crippen LogP contribution in [0.25, 0.3) is 0 Å². The van der Waals surface area contributed by atoms with Crippen molar-refractivity contribution < 1.29 is 8.42 Å². The number of hydrogen-bond donors (Lipinski definition) is 1. The molecule has 0 aliphatic carbocycles. The zero-order valence-electron chi connectivity index (χ0n) is 13.3. The summed E-state index contributed by atoms with van der Waals surface area (Å²) in [5.41, 5.74) is 3.05. The van der Waals surface area contributed by atoms with Gasteiger partial charge in [-0.15, -0.1) is 0 Å². The van der Waals surface area contributed by atoms with Crippen LogP contribution >= 0.6 is 11.6 Å². The first kappa shape index (κ1) is 17.5. The molecule has 0 heterocycles. The fourth-order valence-corrected chi connectivity index (χ4v) is 3.44. The van der Waals surface area contributed by atoms with Crippen LogP contribution < -0.4 is 4.83 Å². The molecular formula is C17H19ClN2O2S. The molecule has 6 heteroatoms. The largest absolute Gasteiger partial charge is 0.276 e. The summed E-state index contributed by atoms with van der Waals surface area (Å²) in [6, 6.07) is 12.4. The molecule has 0 aromatic heterocycles. The number of nitrogens with zero attached hydrogens (tertiary/aromatic N) is 1. The van der Waals surface area contributed by atoms with E-state index in [1.807, 2.05) is 32.0 Å². The molecule has 0 unspecified atom stereocenters. The Hall–Kier alpha value is -1.85. The second-order valence-corrected chi connectivity index (χ2v) is 7.35. The quantitative estimate of drug-likeness (QED) is 0.653. The molecule has 2 aromatic carbocycles. The number of benzene rings is 2. The van der Waals surface area contributed by atoms with E-state index in [-0.39, 0.29) is 4.90 Å². The fourth-order valence-electron chi connectivity index (χ4n) is 2.15. The Labute approximate surface area is 142 Å². The van der Waals surface area contributed by atoms with E-state index in [1.54, 1.807) is 31.2 Å². The Morgan fingerprint density at radius 1 is 1.13 bits per heavy atom. The van der Waals surface area contributed by atoms with Crippen LogP contribution in [0.1, 0.15) is 30.0 Å². The van der Waals surface area contributed by atoms with Gasteiger partial charge in [-0.2, -0.15) is 18.4 Å². The number of rotatable bonds is 5. The molecule has 0 bridgehead atoms. The summed E-state index contributed by atoms with van der Waals surface area (Å²) < 4.78 is 24.9. The molecule has 0 fully saturated rings. The molecular weight excluding hydrogens is 332 g/mol. The highest BCUT2D eigenvalue weighted by molar-refractivity contribution is 7.89. The van der Waals surface area contributed by atoms with Crippen LogP contribution in [0.3, 0.4) is 0 Å². The van der Waals surface area contributed by atoms with Crippen LogP contribution in [0.4, 0.5) is 0 Å². The van der Waals surface area contributed by atoms with E-state index in [0.717, 1.165) is 11.1 Å². The van der Waals surface area contributed by atoms with Crippen molar-refractivity contribution in [3.05, 3.63) is 64.2 Å². The molecule has 122 valence electrons. The van der Waals surface area contributed by atoms with E-state index in [2.05, 4.69) is 9.93 Å². The molecule has 0 atom stereocenters. The molecule has 0 aliphatic heterocycles. The highest BCUT2D eigenvalue weighted by Crippen LogP contribution is 2.17. The van der Waals surface area contributed by atoms with Crippen molar-refractivity contribution in [3.63, 3.8) is 0 Å². The monoisotopic (exact) mass is 350 g/mol. The summed E-state index contributed by atoms with van der Waals surface area (Å²) >= 11 is 5.87. The van der Waals surface area contributed by atoms with Gasteiger partial charge < -0.3 is 0 Å². The number of halogens is 1. The van der Waals surface area contributed by atoms with Gasteiger partial charge >= 0.3 is 0 Å². The Balaban J connectivity index is 2.32. The first-order valence-corrected chi connectivity index (χ1v) is 9.11. The SMILES string of the molecule is CC/C(=N/NS(=O)(=O)c1cc(C)ccc1C)c1ccc(Cl)cc1. The highest BCUT2D eigenvalue weighted by Gasteiger charge is 2.16. The van der Waals surface area contributed by atoms with Crippen LogP contribution in [-0.2, 0) is 10.0 Å². The van der Waals surface area contributed by atoms with Crippen LogP contribution in [-0.4, -0.2) is 14.1 Å². The zero-order chi connectivity index (χ0) is 17.0. The molecule has 0 aliphatic rings. The van der Waals surface area contributed by atoms with Gasteiger partial charge in [-0.3, -0.25) is 0 Å². The van der Waals surface area contributed by atoms with E-state index in [9.17, 15) is 8.42 Å². The molecule has 23 heavy (non-hydrogen) atoms. The van der Waals surface area contributed by atoms with Gasteiger partial charge in [0.2, 0.25) is 0 Å². The first-order chi connectivity index (χ1) is 10.8. The highest BCUT2D eigenvalue weighted by atomic mass is 35.5. The van der Waals surface area contributed by atoms with Crippen LogP contribution in [0, 0.1) is 13.8 Å². The Morgan fingerprint density at radius 3 is 2.39 bits per heavy atom. The lowest BCUT2D eigenvalue weighted by molar-refractivity contribution is 0.583. The average molecular weight is 351 g/mol. The van der Waals surface area contributed by atoms with Crippen molar-refractivity contribution in [2.45, 2.75) is 32.1 Å². The number of aryl methyl sites for hydroxylation is 2. The second-order valence-electron chi connectivity index (χ2n) is 5.28. The molecule has 4 nitrogen and oxygen atoms in total. The first-order valence-electron chi connectivity index (χ1n) is 7.25. The maximum absolute atomic E-state index is 12.5. The normalized spacial score (nSPS) is 12.3. The summed E-state index contributed by atoms with van der Waals surface area (Å²) in [5.74, 6) is 0. The third-order valence-electron chi connectivity index (χ3n) is 3.45. The van der Waals surface area contributed by atoms with Gasteiger partial charge in [0.25, 0.3) is 10.0 Å². The molecule has 0 saturated carbocycles. The van der Waals surface area contributed by atoms with E-state index in [4.69, 9.17) is 11.6 Å². The van der Waals surface area contributed by atoms with Crippen LogP contribution in [0.5, 0.6) is 0 Å². The van der Waals surface area contributed by atoms with E-state index < -0.39 is 10.0 Å². The number of hydrazone groups is 1. The minimum Gasteiger partial charge on any atom is -0.200 e. The fraction of sp³-hybridized carbons (Fsp3) is 0.235. The molecule has 1 N–H and O–H groups in total. The predicted octanol–water partition coefficient (Wildman–Crippen LogP) is 4.05. The summed E-state index contributed by atoms with van der Waals surface area (Å²) in [5, 5.41) is 4.72. The zero-order valence-corrected chi connectivity index (χ0v) is 14.9. The number of hydrogen-bond acceptors (Lipinski definition) is 3. The van der Waals surface area contributed by atoms with Gasteiger partial charge in [0.1, 0.15) is 0 Å². The molecule has 0 radical (unpaired) electrons. The summed E-state index contributed by atoms with van der Waals surface area (Å²) in [7, 11) is -3.70. The second kappa shape index (κ2) is 7.15. The van der Waals surface area contributed by atoms with Crippen molar-refractivity contribution in [1.29, 1.82) is 0 Å². The molecule has 0 amide bonds. The maximum Gasteiger partial charge on any atom is 0.276 e. The molecule has 2 rings (SSSR count). The molecule has 2 aromatic rings.